The monoisotopic (exact) mass is 586 g/mol. The van der Waals surface area contributed by atoms with Crippen molar-refractivity contribution in [2.45, 2.75) is 149 Å². The predicted molar refractivity (Wildman–Crippen MR) is 166 cm³/mol. The molecule has 1 aliphatic rings. The van der Waals surface area contributed by atoms with Gasteiger partial charge in [0.25, 0.3) is 0 Å². The summed E-state index contributed by atoms with van der Waals surface area (Å²) < 4.78 is 17.1. The Kier molecular flexibility index (Phi) is 15.9. The van der Waals surface area contributed by atoms with Gasteiger partial charge in [0, 0.05) is 30.4 Å². The standard InChI is InChI=1S/C35H54O7/c1-6-7-8-9-10-11-12-13-14-15-16-17-18-19-33(38)41-25-27-21-31(40-5)29-22-32(42-34(29)30(27)24-36)35(4,39)23-28(37)20-26(2)3/h20-21,24,32,39H,6-19,22-23,25H2,1-5H3/t32-,35+/m1/s1. The van der Waals surface area contributed by atoms with Gasteiger partial charge in [-0.2, -0.15) is 0 Å². The van der Waals surface area contributed by atoms with E-state index in [1.807, 2.05) is 13.8 Å². The number of unbranched alkanes of at least 4 members (excludes halogenated alkanes) is 12. The van der Waals surface area contributed by atoms with Crippen molar-refractivity contribution in [3.05, 3.63) is 34.4 Å². The van der Waals surface area contributed by atoms with E-state index in [1.54, 1.807) is 13.0 Å². The summed E-state index contributed by atoms with van der Waals surface area (Å²) in [6.45, 7) is 7.39. The Balaban J connectivity index is 1.80. The van der Waals surface area contributed by atoms with Crippen LogP contribution < -0.4 is 9.47 Å². The van der Waals surface area contributed by atoms with E-state index in [4.69, 9.17) is 14.2 Å². The number of aliphatic hydroxyl groups is 1. The SMILES string of the molecule is CCCCCCCCCCCCCCCC(=O)OCc1cc(OC)c2c(c1C=O)O[C@@H]([C@@](C)(O)CC(=O)C=C(C)C)C2. The van der Waals surface area contributed by atoms with Crippen LogP contribution in [0, 0.1) is 0 Å². The number of carbonyl (C=O) groups excluding carboxylic acids is 3. The first kappa shape index (κ1) is 35.5. The summed E-state index contributed by atoms with van der Waals surface area (Å²) in [5.74, 6) is 0.311. The number of hydrogen-bond acceptors (Lipinski definition) is 7. The van der Waals surface area contributed by atoms with Gasteiger partial charge in [0.2, 0.25) is 0 Å². The number of benzene rings is 1. The largest absolute Gasteiger partial charge is 0.496 e. The van der Waals surface area contributed by atoms with Crippen LogP contribution in [0.1, 0.15) is 145 Å². The number of fused-ring (bicyclic) bond motifs is 1. The van der Waals surface area contributed by atoms with Gasteiger partial charge >= 0.3 is 5.97 Å². The first-order valence-corrected chi connectivity index (χ1v) is 16.0. The maximum atomic E-state index is 12.4. The second-order valence-corrected chi connectivity index (χ2v) is 12.3. The highest BCUT2D eigenvalue weighted by molar-refractivity contribution is 5.91. The number of rotatable bonds is 22. The minimum Gasteiger partial charge on any atom is -0.496 e. The predicted octanol–water partition coefficient (Wildman–Crippen LogP) is 8.01. The van der Waals surface area contributed by atoms with Gasteiger partial charge in [-0.15, -0.1) is 0 Å². The smallest absolute Gasteiger partial charge is 0.306 e. The number of carbonyl (C=O) groups is 3. The molecule has 0 spiro atoms. The maximum Gasteiger partial charge on any atom is 0.306 e. The second-order valence-electron chi connectivity index (χ2n) is 12.3. The van der Waals surface area contributed by atoms with Crippen molar-refractivity contribution in [1.82, 2.24) is 0 Å². The number of allylic oxidation sites excluding steroid dienone is 2. The van der Waals surface area contributed by atoms with E-state index in [0.29, 0.717) is 35.3 Å². The third-order valence-corrected chi connectivity index (χ3v) is 8.00. The van der Waals surface area contributed by atoms with Crippen LogP contribution in [0.3, 0.4) is 0 Å². The molecule has 0 unspecified atom stereocenters. The highest BCUT2D eigenvalue weighted by Gasteiger charge is 2.42. The lowest BCUT2D eigenvalue weighted by molar-refractivity contribution is -0.145. The molecule has 2 atom stereocenters. The Morgan fingerprint density at radius 2 is 1.57 bits per heavy atom. The van der Waals surface area contributed by atoms with Crippen molar-refractivity contribution in [2.24, 2.45) is 0 Å². The average Bonchev–Trinajstić information content (AvgIpc) is 3.39. The van der Waals surface area contributed by atoms with Gasteiger partial charge in [0.05, 0.1) is 12.7 Å². The zero-order valence-corrected chi connectivity index (χ0v) is 26.7. The van der Waals surface area contributed by atoms with Crippen LogP contribution in [0.2, 0.25) is 0 Å². The fourth-order valence-electron chi connectivity index (χ4n) is 5.58. The summed E-state index contributed by atoms with van der Waals surface area (Å²) in [7, 11) is 1.52. The average molecular weight is 587 g/mol. The third kappa shape index (κ3) is 11.9. The van der Waals surface area contributed by atoms with Crippen LogP contribution in [0.25, 0.3) is 0 Å². The number of aldehydes is 1. The van der Waals surface area contributed by atoms with Gasteiger partial charge in [-0.25, -0.2) is 0 Å². The lowest BCUT2D eigenvalue weighted by Gasteiger charge is -2.28. The van der Waals surface area contributed by atoms with Crippen LogP contribution in [0.5, 0.6) is 11.5 Å². The minimum absolute atomic E-state index is 0.0710. The van der Waals surface area contributed by atoms with E-state index in [2.05, 4.69) is 6.92 Å². The number of hydrogen-bond donors (Lipinski definition) is 1. The van der Waals surface area contributed by atoms with E-state index in [9.17, 15) is 19.5 Å². The van der Waals surface area contributed by atoms with Gasteiger partial charge in [0.1, 0.15) is 29.8 Å². The first-order chi connectivity index (χ1) is 20.1. The number of esters is 1. The van der Waals surface area contributed by atoms with Crippen LogP contribution in [0.4, 0.5) is 0 Å². The zero-order valence-electron chi connectivity index (χ0n) is 26.7. The molecule has 0 aliphatic carbocycles. The Hall–Kier alpha value is -2.67. The summed E-state index contributed by atoms with van der Waals surface area (Å²) in [6.07, 6.45) is 18.1. The van der Waals surface area contributed by atoms with E-state index >= 15 is 0 Å². The minimum atomic E-state index is -1.45. The maximum absolute atomic E-state index is 12.4. The normalized spacial score (nSPS) is 15.3. The molecule has 0 radical (unpaired) electrons. The molecule has 7 heteroatoms. The zero-order chi connectivity index (χ0) is 31.0. The van der Waals surface area contributed by atoms with E-state index in [1.165, 1.54) is 77.4 Å². The van der Waals surface area contributed by atoms with E-state index in [-0.39, 0.29) is 36.8 Å². The topological polar surface area (TPSA) is 99.1 Å². The molecule has 42 heavy (non-hydrogen) atoms. The molecular formula is C35H54O7. The summed E-state index contributed by atoms with van der Waals surface area (Å²) in [5.41, 5.74) is 0.813. The quantitative estimate of drug-likeness (QED) is 0.0636. The van der Waals surface area contributed by atoms with Crippen LogP contribution in [0.15, 0.2) is 17.7 Å². The second kappa shape index (κ2) is 18.8. The fraction of sp³-hybridized carbons (Fsp3) is 0.686. The Bertz CT molecular complexity index is 1040. The highest BCUT2D eigenvalue weighted by atomic mass is 16.5. The van der Waals surface area contributed by atoms with Gasteiger partial charge in [-0.3, -0.25) is 14.4 Å². The van der Waals surface area contributed by atoms with Crippen LogP contribution >= 0.6 is 0 Å². The molecule has 2 rings (SSSR count). The molecule has 1 N–H and O–H groups in total. The Morgan fingerprint density at radius 1 is 1.00 bits per heavy atom. The number of ketones is 1. The van der Waals surface area contributed by atoms with Crippen molar-refractivity contribution < 1.29 is 33.7 Å². The lowest BCUT2D eigenvalue weighted by Crippen LogP contribution is -2.44. The molecule has 0 amide bonds. The van der Waals surface area contributed by atoms with Crippen molar-refractivity contribution in [1.29, 1.82) is 0 Å². The number of methoxy groups -OCH3 is 1. The van der Waals surface area contributed by atoms with Crippen LogP contribution in [-0.4, -0.2) is 42.0 Å². The molecule has 0 fully saturated rings. The van der Waals surface area contributed by atoms with Gasteiger partial charge in [-0.05, 0) is 39.3 Å². The molecule has 7 nitrogen and oxygen atoms in total. The fourth-order valence-corrected chi connectivity index (χ4v) is 5.58. The van der Waals surface area contributed by atoms with Crippen molar-refractivity contribution in [2.75, 3.05) is 7.11 Å². The molecule has 0 aromatic heterocycles. The van der Waals surface area contributed by atoms with E-state index in [0.717, 1.165) is 24.8 Å². The number of ether oxygens (including phenoxy) is 3. The highest BCUT2D eigenvalue weighted by Crippen LogP contribution is 2.43. The van der Waals surface area contributed by atoms with Gasteiger partial charge in [0.15, 0.2) is 12.1 Å². The molecule has 236 valence electrons. The molecule has 0 bridgehead atoms. The molecule has 1 aromatic carbocycles. The van der Waals surface area contributed by atoms with Crippen molar-refractivity contribution >= 4 is 18.0 Å². The van der Waals surface area contributed by atoms with Gasteiger partial charge in [-0.1, -0.05) is 89.5 Å². The summed E-state index contributed by atoms with van der Waals surface area (Å²) in [6, 6.07) is 1.69. The summed E-state index contributed by atoms with van der Waals surface area (Å²) in [4.78, 5) is 36.9. The summed E-state index contributed by atoms with van der Waals surface area (Å²) >= 11 is 0. The Labute approximate surface area is 253 Å². The van der Waals surface area contributed by atoms with Crippen molar-refractivity contribution in [3.63, 3.8) is 0 Å². The van der Waals surface area contributed by atoms with E-state index < -0.39 is 11.7 Å². The van der Waals surface area contributed by atoms with Gasteiger partial charge < -0.3 is 19.3 Å². The molecule has 1 aliphatic heterocycles. The third-order valence-electron chi connectivity index (χ3n) is 8.00. The molecular weight excluding hydrogens is 532 g/mol. The molecule has 0 saturated heterocycles. The first-order valence-electron chi connectivity index (χ1n) is 16.0. The van der Waals surface area contributed by atoms with Crippen molar-refractivity contribution in [3.8, 4) is 11.5 Å². The molecule has 1 heterocycles. The van der Waals surface area contributed by atoms with Crippen LogP contribution in [-0.2, 0) is 27.4 Å². The summed E-state index contributed by atoms with van der Waals surface area (Å²) in [5, 5.41) is 11.1. The lowest BCUT2D eigenvalue weighted by atomic mass is 9.89. The molecule has 1 aromatic rings. The molecule has 0 saturated carbocycles. The Morgan fingerprint density at radius 3 is 2.10 bits per heavy atom.